The summed E-state index contributed by atoms with van der Waals surface area (Å²) in [6.07, 6.45) is 1.48. The Morgan fingerprint density at radius 2 is 2.19 bits per heavy atom. The fourth-order valence-corrected chi connectivity index (χ4v) is 4.06. The number of carboxylic acids is 1. The van der Waals surface area contributed by atoms with Crippen LogP contribution in [0, 0.1) is 0 Å². The quantitative estimate of drug-likeness (QED) is 0.700. The van der Waals surface area contributed by atoms with E-state index in [0.29, 0.717) is 0 Å². The zero-order valence-electron chi connectivity index (χ0n) is 11.5. The van der Waals surface area contributed by atoms with Crippen LogP contribution in [-0.2, 0) is 14.8 Å². The molecule has 0 fully saturated rings. The van der Waals surface area contributed by atoms with Gasteiger partial charge in [-0.05, 0) is 34.1 Å². The van der Waals surface area contributed by atoms with Crippen molar-refractivity contribution >= 4 is 31.9 Å². The molecule has 21 heavy (non-hydrogen) atoms. The van der Waals surface area contributed by atoms with Crippen molar-refractivity contribution in [2.45, 2.75) is 4.90 Å². The first kappa shape index (κ1) is 17.8. The molecule has 0 aliphatic rings. The van der Waals surface area contributed by atoms with E-state index in [9.17, 15) is 13.2 Å². The molecule has 0 heterocycles. The van der Waals surface area contributed by atoms with E-state index in [1.807, 2.05) is 0 Å². The first-order valence-electron chi connectivity index (χ1n) is 5.97. The molecular formula is C13H16BrNO5S. The van der Waals surface area contributed by atoms with Crippen molar-refractivity contribution in [2.24, 2.45) is 0 Å². The molecule has 0 saturated carbocycles. The SMILES string of the molecule is C=CCN(CCOC)S(=O)(=O)c1ccc(C(=O)O)cc1Br. The van der Waals surface area contributed by atoms with Gasteiger partial charge in [0, 0.05) is 24.7 Å². The van der Waals surface area contributed by atoms with Gasteiger partial charge in [-0.25, -0.2) is 13.2 Å². The minimum Gasteiger partial charge on any atom is -0.478 e. The second kappa shape index (κ2) is 7.69. The predicted molar refractivity (Wildman–Crippen MR) is 81.9 cm³/mol. The summed E-state index contributed by atoms with van der Waals surface area (Å²) in [5.74, 6) is -1.12. The van der Waals surface area contributed by atoms with E-state index in [1.165, 1.54) is 35.7 Å². The summed E-state index contributed by atoms with van der Waals surface area (Å²) >= 11 is 3.11. The van der Waals surface area contributed by atoms with Crippen LogP contribution in [0.2, 0.25) is 0 Å². The molecule has 8 heteroatoms. The molecule has 0 aliphatic heterocycles. The molecule has 0 aliphatic carbocycles. The van der Waals surface area contributed by atoms with Crippen LogP contribution in [-0.4, -0.2) is 50.6 Å². The lowest BCUT2D eigenvalue weighted by Gasteiger charge is -2.21. The van der Waals surface area contributed by atoms with Crippen LogP contribution in [0.3, 0.4) is 0 Å². The van der Waals surface area contributed by atoms with Gasteiger partial charge in [0.15, 0.2) is 0 Å². The molecule has 1 aromatic carbocycles. The van der Waals surface area contributed by atoms with Gasteiger partial charge in [0.1, 0.15) is 0 Å². The van der Waals surface area contributed by atoms with Gasteiger partial charge in [-0.3, -0.25) is 0 Å². The van der Waals surface area contributed by atoms with Gasteiger partial charge < -0.3 is 9.84 Å². The number of carbonyl (C=O) groups is 1. The number of aromatic carboxylic acids is 1. The fourth-order valence-electron chi connectivity index (χ4n) is 1.63. The van der Waals surface area contributed by atoms with E-state index in [1.54, 1.807) is 0 Å². The van der Waals surface area contributed by atoms with Gasteiger partial charge in [0.2, 0.25) is 10.0 Å². The van der Waals surface area contributed by atoms with Crippen LogP contribution in [0.1, 0.15) is 10.4 Å². The second-order valence-corrected chi connectivity index (χ2v) is 6.86. The summed E-state index contributed by atoms with van der Waals surface area (Å²) in [4.78, 5) is 10.9. The highest BCUT2D eigenvalue weighted by Gasteiger charge is 2.26. The summed E-state index contributed by atoms with van der Waals surface area (Å²) in [5, 5.41) is 8.90. The third kappa shape index (κ3) is 4.37. The predicted octanol–water partition coefficient (Wildman–Crippen LogP) is 1.97. The molecule has 0 radical (unpaired) electrons. The smallest absolute Gasteiger partial charge is 0.335 e. The van der Waals surface area contributed by atoms with Crippen LogP contribution < -0.4 is 0 Å². The number of halogens is 1. The van der Waals surface area contributed by atoms with Crippen LogP contribution >= 0.6 is 15.9 Å². The first-order chi connectivity index (χ1) is 9.84. The molecular weight excluding hydrogens is 362 g/mol. The Kier molecular flexibility index (Phi) is 6.53. The van der Waals surface area contributed by atoms with Crippen molar-refractivity contribution in [3.63, 3.8) is 0 Å². The van der Waals surface area contributed by atoms with Crippen molar-refractivity contribution in [2.75, 3.05) is 26.8 Å². The maximum atomic E-state index is 12.6. The summed E-state index contributed by atoms with van der Waals surface area (Å²) < 4.78 is 31.5. The van der Waals surface area contributed by atoms with E-state index in [0.717, 1.165) is 0 Å². The van der Waals surface area contributed by atoms with Crippen LogP contribution in [0.25, 0.3) is 0 Å². The minimum atomic E-state index is -3.77. The third-order valence-electron chi connectivity index (χ3n) is 2.67. The number of hydrogen-bond acceptors (Lipinski definition) is 4. The van der Waals surface area contributed by atoms with Crippen molar-refractivity contribution in [3.8, 4) is 0 Å². The molecule has 116 valence electrons. The molecule has 0 bridgehead atoms. The Hall–Kier alpha value is -1.22. The van der Waals surface area contributed by atoms with Gasteiger partial charge in [-0.1, -0.05) is 6.08 Å². The summed E-state index contributed by atoms with van der Waals surface area (Å²) in [7, 11) is -2.28. The summed E-state index contributed by atoms with van der Waals surface area (Å²) in [6.45, 7) is 4.10. The van der Waals surface area contributed by atoms with Crippen molar-refractivity contribution in [1.29, 1.82) is 0 Å². The van der Waals surface area contributed by atoms with E-state index in [4.69, 9.17) is 9.84 Å². The average molecular weight is 378 g/mol. The lowest BCUT2D eigenvalue weighted by atomic mass is 10.2. The van der Waals surface area contributed by atoms with Gasteiger partial charge in [-0.15, -0.1) is 6.58 Å². The van der Waals surface area contributed by atoms with Crippen LogP contribution in [0.4, 0.5) is 0 Å². The van der Waals surface area contributed by atoms with Gasteiger partial charge in [0.05, 0.1) is 17.1 Å². The van der Waals surface area contributed by atoms with Gasteiger partial charge in [-0.2, -0.15) is 4.31 Å². The van der Waals surface area contributed by atoms with Crippen molar-refractivity contribution < 1.29 is 23.1 Å². The number of methoxy groups -OCH3 is 1. The maximum Gasteiger partial charge on any atom is 0.335 e. The number of rotatable bonds is 8. The average Bonchev–Trinajstić information content (AvgIpc) is 2.42. The third-order valence-corrected chi connectivity index (χ3v) is 5.52. The fraction of sp³-hybridized carbons (Fsp3) is 0.308. The molecule has 0 spiro atoms. The molecule has 0 saturated heterocycles. The molecule has 0 unspecified atom stereocenters. The van der Waals surface area contributed by atoms with E-state index in [-0.39, 0.29) is 34.6 Å². The number of nitrogens with zero attached hydrogens (tertiary/aromatic N) is 1. The Morgan fingerprint density at radius 3 is 2.67 bits per heavy atom. The number of benzene rings is 1. The minimum absolute atomic E-state index is 0.00505. The van der Waals surface area contributed by atoms with Crippen molar-refractivity contribution in [3.05, 3.63) is 40.9 Å². The van der Waals surface area contributed by atoms with E-state index < -0.39 is 16.0 Å². The lowest BCUT2D eigenvalue weighted by Crippen LogP contribution is -2.34. The molecule has 0 aromatic heterocycles. The molecule has 1 rings (SSSR count). The highest BCUT2D eigenvalue weighted by Crippen LogP contribution is 2.26. The second-order valence-electron chi connectivity index (χ2n) is 4.09. The highest BCUT2D eigenvalue weighted by atomic mass is 79.9. The molecule has 6 nitrogen and oxygen atoms in total. The van der Waals surface area contributed by atoms with Crippen LogP contribution in [0.15, 0.2) is 40.2 Å². The number of ether oxygens (including phenoxy) is 1. The monoisotopic (exact) mass is 377 g/mol. The topological polar surface area (TPSA) is 83.9 Å². The summed E-state index contributed by atoms with van der Waals surface area (Å²) in [5.41, 5.74) is 0.00740. The van der Waals surface area contributed by atoms with Gasteiger partial charge >= 0.3 is 5.97 Å². The zero-order valence-corrected chi connectivity index (χ0v) is 13.9. The highest BCUT2D eigenvalue weighted by molar-refractivity contribution is 9.10. The Labute approximate surface area is 132 Å². The Balaban J connectivity index is 3.21. The Morgan fingerprint density at radius 1 is 1.52 bits per heavy atom. The molecule has 0 amide bonds. The Bertz CT molecular complexity index is 629. The summed E-state index contributed by atoms with van der Waals surface area (Å²) in [6, 6.07) is 3.78. The standard InChI is InChI=1S/C13H16BrNO5S/c1-3-6-15(7-8-20-2)21(18,19)12-5-4-10(13(16)17)9-11(12)14/h3-5,9H,1,6-8H2,2H3,(H,16,17). The van der Waals surface area contributed by atoms with Gasteiger partial charge in [0.25, 0.3) is 0 Å². The molecule has 1 N–H and O–H groups in total. The normalized spacial score (nSPS) is 11.6. The molecule has 1 aromatic rings. The maximum absolute atomic E-state index is 12.6. The van der Waals surface area contributed by atoms with E-state index in [2.05, 4.69) is 22.5 Å². The van der Waals surface area contributed by atoms with Crippen molar-refractivity contribution in [1.82, 2.24) is 4.31 Å². The number of hydrogen-bond donors (Lipinski definition) is 1. The number of carboxylic acid groups (broad SMARTS) is 1. The van der Waals surface area contributed by atoms with E-state index >= 15 is 0 Å². The largest absolute Gasteiger partial charge is 0.478 e. The first-order valence-corrected chi connectivity index (χ1v) is 8.20. The lowest BCUT2D eigenvalue weighted by molar-refractivity contribution is 0.0696. The number of sulfonamides is 1. The molecule has 0 atom stereocenters. The van der Waals surface area contributed by atoms with Crippen LogP contribution in [0.5, 0.6) is 0 Å². The zero-order chi connectivity index (χ0) is 16.0.